The molecule has 0 aliphatic heterocycles. The van der Waals surface area contributed by atoms with Crippen molar-refractivity contribution in [1.29, 1.82) is 0 Å². The molecule has 0 aromatic carbocycles. The van der Waals surface area contributed by atoms with Crippen molar-refractivity contribution in [2.24, 2.45) is 11.3 Å². The summed E-state index contributed by atoms with van der Waals surface area (Å²) in [5.74, 6) is -5.02. The minimum Gasteiger partial charge on any atom is -0.468 e. The number of hydrogen-bond acceptors (Lipinski definition) is 8. The third-order valence-electron chi connectivity index (χ3n) is 3.16. The molecule has 0 heterocycles. The van der Waals surface area contributed by atoms with Gasteiger partial charge in [-0.3, -0.25) is 19.2 Å². The van der Waals surface area contributed by atoms with Crippen molar-refractivity contribution in [2.45, 2.75) is 27.2 Å². The molecule has 126 valence electrons. The standard InChI is InChI=1S/C14H22O8/c1-6-21-10(15)8-9(11(16)22-7-2)14(3,12(17)19-4)13(18)20-5/h9H,6-8H2,1-5H3. The number of ether oxygens (including phenoxy) is 4. The molecule has 0 aromatic rings. The SMILES string of the molecule is CCOC(=O)CC(C(=O)OCC)C(C)(C(=O)OC)C(=O)OC. The average molecular weight is 318 g/mol. The Morgan fingerprint density at radius 1 is 0.909 bits per heavy atom. The van der Waals surface area contributed by atoms with E-state index in [0.717, 1.165) is 14.2 Å². The number of rotatable bonds is 8. The quantitative estimate of drug-likeness (QED) is 0.361. The van der Waals surface area contributed by atoms with Crippen LogP contribution in [0.25, 0.3) is 0 Å². The molecule has 0 saturated carbocycles. The smallest absolute Gasteiger partial charge is 0.323 e. The molecule has 0 bridgehead atoms. The van der Waals surface area contributed by atoms with Crippen LogP contribution in [0.15, 0.2) is 0 Å². The largest absolute Gasteiger partial charge is 0.468 e. The third-order valence-corrected chi connectivity index (χ3v) is 3.16. The summed E-state index contributed by atoms with van der Waals surface area (Å²) >= 11 is 0. The van der Waals surface area contributed by atoms with Crippen LogP contribution in [0.3, 0.4) is 0 Å². The van der Waals surface area contributed by atoms with Crippen LogP contribution in [0.5, 0.6) is 0 Å². The Hall–Kier alpha value is -2.12. The number of carbonyl (C=O) groups is 4. The van der Waals surface area contributed by atoms with E-state index >= 15 is 0 Å². The summed E-state index contributed by atoms with van der Waals surface area (Å²) in [6.45, 7) is 4.45. The highest BCUT2D eigenvalue weighted by Gasteiger charge is 2.55. The highest BCUT2D eigenvalue weighted by molar-refractivity contribution is 6.04. The predicted molar refractivity (Wildman–Crippen MR) is 73.5 cm³/mol. The van der Waals surface area contributed by atoms with Gasteiger partial charge in [0, 0.05) is 0 Å². The molecule has 22 heavy (non-hydrogen) atoms. The van der Waals surface area contributed by atoms with Gasteiger partial charge in [0.15, 0.2) is 5.41 Å². The van der Waals surface area contributed by atoms with Gasteiger partial charge in [-0.25, -0.2) is 0 Å². The first kappa shape index (κ1) is 19.9. The Labute approximate surface area is 129 Å². The monoisotopic (exact) mass is 318 g/mol. The van der Waals surface area contributed by atoms with Gasteiger partial charge in [-0.2, -0.15) is 0 Å². The van der Waals surface area contributed by atoms with Gasteiger partial charge in [0.2, 0.25) is 0 Å². The lowest BCUT2D eigenvalue weighted by atomic mass is 9.75. The van der Waals surface area contributed by atoms with Gasteiger partial charge in [0.1, 0.15) is 0 Å². The second kappa shape index (κ2) is 9.01. The molecule has 0 radical (unpaired) electrons. The van der Waals surface area contributed by atoms with Crippen LogP contribution in [0, 0.1) is 11.3 Å². The fourth-order valence-corrected chi connectivity index (χ4v) is 1.94. The summed E-state index contributed by atoms with van der Waals surface area (Å²) in [6.07, 6.45) is -0.507. The van der Waals surface area contributed by atoms with Crippen molar-refractivity contribution in [3.05, 3.63) is 0 Å². The number of esters is 4. The van der Waals surface area contributed by atoms with E-state index in [9.17, 15) is 19.2 Å². The first-order valence-corrected chi connectivity index (χ1v) is 6.78. The Kier molecular flexibility index (Phi) is 8.14. The molecule has 0 fully saturated rings. The Balaban J connectivity index is 5.73. The van der Waals surface area contributed by atoms with Gasteiger partial charge in [-0.1, -0.05) is 0 Å². The number of methoxy groups -OCH3 is 2. The molecule has 0 spiro atoms. The molecule has 0 amide bonds. The molecule has 8 heteroatoms. The van der Waals surface area contributed by atoms with Crippen LogP contribution in [0.2, 0.25) is 0 Å². The van der Waals surface area contributed by atoms with Crippen LogP contribution in [0.1, 0.15) is 27.2 Å². The summed E-state index contributed by atoms with van der Waals surface area (Å²) in [6, 6.07) is 0. The molecular formula is C14H22O8. The van der Waals surface area contributed by atoms with Gasteiger partial charge in [-0.15, -0.1) is 0 Å². The van der Waals surface area contributed by atoms with Crippen molar-refractivity contribution in [3.63, 3.8) is 0 Å². The van der Waals surface area contributed by atoms with Crippen molar-refractivity contribution in [3.8, 4) is 0 Å². The van der Waals surface area contributed by atoms with Crippen molar-refractivity contribution >= 4 is 23.9 Å². The van der Waals surface area contributed by atoms with E-state index in [1.165, 1.54) is 6.92 Å². The summed E-state index contributed by atoms with van der Waals surface area (Å²) in [5, 5.41) is 0. The van der Waals surface area contributed by atoms with Gasteiger partial charge in [0.25, 0.3) is 0 Å². The van der Waals surface area contributed by atoms with Crippen LogP contribution in [-0.2, 0) is 38.1 Å². The van der Waals surface area contributed by atoms with E-state index in [1.54, 1.807) is 13.8 Å². The summed E-state index contributed by atoms with van der Waals surface area (Å²) in [5.41, 5.74) is -2.01. The first-order valence-electron chi connectivity index (χ1n) is 6.78. The molecular weight excluding hydrogens is 296 g/mol. The van der Waals surface area contributed by atoms with Crippen molar-refractivity contribution in [1.82, 2.24) is 0 Å². The zero-order valence-corrected chi connectivity index (χ0v) is 13.5. The maximum atomic E-state index is 12.1. The van der Waals surface area contributed by atoms with Crippen LogP contribution in [0.4, 0.5) is 0 Å². The molecule has 0 aliphatic carbocycles. The normalized spacial score (nSPS) is 12.0. The Morgan fingerprint density at radius 3 is 1.73 bits per heavy atom. The molecule has 1 unspecified atom stereocenters. The van der Waals surface area contributed by atoms with Crippen LogP contribution < -0.4 is 0 Å². The van der Waals surface area contributed by atoms with E-state index in [1.807, 2.05) is 0 Å². The molecule has 0 rings (SSSR count). The van der Waals surface area contributed by atoms with E-state index in [-0.39, 0.29) is 13.2 Å². The van der Waals surface area contributed by atoms with Crippen LogP contribution in [-0.4, -0.2) is 51.3 Å². The Bertz CT molecular complexity index is 413. The lowest BCUT2D eigenvalue weighted by Crippen LogP contribution is -2.49. The number of carbonyl (C=O) groups excluding carboxylic acids is 4. The second-order valence-electron chi connectivity index (χ2n) is 4.50. The van der Waals surface area contributed by atoms with Gasteiger partial charge in [-0.05, 0) is 20.8 Å². The average Bonchev–Trinajstić information content (AvgIpc) is 2.50. The fourth-order valence-electron chi connectivity index (χ4n) is 1.94. The van der Waals surface area contributed by atoms with E-state index in [4.69, 9.17) is 9.47 Å². The van der Waals surface area contributed by atoms with Gasteiger partial charge >= 0.3 is 23.9 Å². The van der Waals surface area contributed by atoms with Gasteiger partial charge < -0.3 is 18.9 Å². The zero-order valence-electron chi connectivity index (χ0n) is 13.5. The molecule has 0 saturated heterocycles. The third kappa shape index (κ3) is 4.44. The highest BCUT2D eigenvalue weighted by Crippen LogP contribution is 2.34. The van der Waals surface area contributed by atoms with E-state index < -0.39 is 41.6 Å². The predicted octanol–water partition coefficient (Wildman–Crippen LogP) is 0.471. The summed E-state index contributed by atoms with van der Waals surface area (Å²) < 4.78 is 18.8. The summed E-state index contributed by atoms with van der Waals surface area (Å²) in [7, 11) is 2.13. The zero-order chi connectivity index (χ0) is 17.3. The minimum atomic E-state index is -2.01. The maximum Gasteiger partial charge on any atom is 0.323 e. The fraction of sp³-hybridized carbons (Fsp3) is 0.714. The highest BCUT2D eigenvalue weighted by atomic mass is 16.6. The maximum absolute atomic E-state index is 12.1. The lowest BCUT2D eigenvalue weighted by molar-refractivity contribution is -0.181. The minimum absolute atomic E-state index is 0.0244. The molecule has 0 aliphatic rings. The van der Waals surface area contributed by atoms with Gasteiger partial charge in [0.05, 0.1) is 39.8 Å². The van der Waals surface area contributed by atoms with E-state index in [0.29, 0.717) is 0 Å². The lowest BCUT2D eigenvalue weighted by Gasteiger charge is -2.30. The summed E-state index contributed by atoms with van der Waals surface area (Å²) in [4.78, 5) is 47.9. The van der Waals surface area contributed by atoms with Crippen molar-refractivity contribution in [2.75, 3.05) is 27.4 Å². The first-order chi connectivity index (χ1) is 10.3. The second-order valence-corrected chi connectivity index (χ2v) is 4.50. The Morgan fingerprint density at radius 2 is 1.36 bits per heavy atom. The topological polar surface area (TPSA) is 105 Å². The molecule has 0 N–H and O–H groups in total. The molecule has 0 aromatic heterocycles. The molecule has 1 atom stereocenters. The van der Waals surface area contributed by atoms with E-state index in [2.05, 4.69) is 9.47 Å². The number of hydrogen-bond donors (Lipinski definition) is 0. The van der Waals surface area contributed by atoms with Crippen molar-refractivity contribution < 1.29 is 38.1 Å². The van der Waals surface area contributed by atoms with Crippen LogP contribution >= 0.6 is 0 Å². The molecule has 8 nitrogen and oxygen atoms in total.